The molecule has 3 nitrogen and oxygen atoms in total. The summed E-state index contributed by atoms with van der Waals surface area (Å²) >= 11 is 0. The van der Waals surface area contributed by atoms with Crippen LogP contribution in [0.25, 0.3) is 0 Å². The molecule has 2 rings (SSSR count). The summed E-state index contributed by atoms with van der Waals surface area (Å²) in [7, 11) is 1.64. The van der Waals surface area contributed by atoms with Gasteiger partial charge in [0.05, 0.1) is 24.4 Å². The minimum absolute atomic E-state index is 0.643. The number of hydrogen-bond donors (Lipinski definition) is 0. The maximum Gasteiger partial charge on any atom is 0.143 e. The number of hydrogen-bond acceptors (Lipinski definition) is 3. The highest BCUT2D eigenvalue weighted by atomic mass is 16.5. The Bertz CT molecular complexity index is 403. The van der Waals surface area contributed by atoms with Gasteiger partial charge in [0.25, 0.3) is 0 Å². The van der Waals surface area contributed by atoms with Gasteiger partial charge in [-0.1, -0.05) is 6.92 Å². The lowest BCUT2D eigenvalue weighted by Gasteiger charge is -2.39. The van der Waals surface area contributed by atoms with E-state index < -0.39 is 0 Å². The molecule has 0 aliphatic carbocycles. The largest absolute Gasteiger partial charge is 0.495 e. The lowest BCUT2D eigenvalue weighted by molar-refractivity contribution is 0.399. The molecule has 0 bridgehead atoms. The number of benzene rings is 1. The number of ether oxygens (including phenoxy) is 1. The normalized spacial score (nSPS) is 15.7. The third-order valence-electron chi connectivity index (χ3n) is 2.71. The van der Waals surface area contributed by atoms with Crippen molar-refractivity contribution in [1.82, 2.24) is 0 Å². The summed E-state index contributed by atoms with van der Waals surface area (Å²) in [6.07, 6.45) is 0. The van der Waals surface area contributed by atoms with Crippen LogP contribution in [-0.2, 0) is 0 Å². The molecule has 0 unspecified atom stereocenters. The molecule has 0 spiro atoms. The minimum Gasteiger partial charge on any atom is -0.495 e. The monoisotopic (exact) mass is 202 g/mol. The van der Waals surface area contributed by atoms with Crippen LogP contribution in [0.1, 0.15) is 12.5 Å². The fourth-order valence-corrected chi connectivity index (χ4v) is 1.90. The predicted octanol–water partition coefficient (Wildman–Crippen LogP) is 2.02. The molecule has 0 radical (unpaired) electrons. The van der Waals surface area contributed by atoms with Crippen LogP contribution in [0.2, 0.25) is 0 Å². The minimum atomic E-state index is 0.643. The highest BCUT2D eigenvalue weighted by Gasteiger charge is 2.24. The third kappa shape index (κ3) is 1.75. The van der Waals surface area contributed by atoms with Crippen LogP contribution in [0.5, 0.6) is 5.75 Å². The van der Waals surface area contributed by atoms with Crippen molar-refractivity contribution in [3.63, 3.8) is 0 Å². The molecule has 0 N–H and O–H groups in total. The first kappa shape index (κ1) is 9.85. The van der Waals surface area contributed by atoms with Crippen LogP contribution in [0.4, 0.5) is 5.69 Å². The molecule has 0 saturated carbocycles. The van der Waals surface area contributed by atoms with E-state index in [0.717, 1.165) is 30.4 Å². The zero-order valence-corrected chi connectivity index (χ0v) is 9.03. The van der Waals surface area contributed by atoms with Crippen molar-refractivity contribution in [1.29, 1.82) is 5.26 Å². The molecule has 0 aromatic heterocycles. The van der Waals surface area contributed by atoms with Crippen LogP contribution < -0.4 is 9.64 Å². The smallest absolute Gasteiger partial charge is 0.143 e. The topological polar surface area (TPSA) is 36.3 Å². The second kappa shape index (κ2) is 3.82. The van der Waals surface area contributed by atoms with E-state index in [0.29, 0.717) is 5.56 Å². The van der Waals surface area contributed by atoms with E-state index in [4.69, 9.17) is 10.00 Å². The Hall–Kier alpha value is -1.69. The maximum atomic E-state index is 8.78. The van der Waals surface area contributed by atoms with Gasteiger partial charge in [0.2, 0.25) is 0 Å². The number of nitriles is 1. The van der Waals surface area contributed by atoms with Crippen molar-refractivity contribution in [2.75, 3.05) is 25.1 Å². The lowest BCUT2D eigenvalue weighted by atomic mass is 10.0. The summed E-state index contributed by atoms with van der Waals surface area (Å²) in [5.74, 6) is 1.55. The number of rotatable bonds is 2. The molecule has 78 valence electrons. The van der Waals surface area contributed by atoms with Gasteiger partial charge < -0.3 is 9.64 Å². The highest BCUT2D eigenvalue weighted by molar-refractivity contribution is 5.62. The Kier molecular flexibility index (Phi) is 2.51. The van der Waals surface area contributed by atoms with Gasteiger partial charge in [-0.25, -0.2) is 0 Å². The number of methoxy groups -OCH3 is 1. The zero-order valence-electron chi connectivity index (χ0n) is 9.03. The Labute approximate surface area is 89.9 Å². The molecule has 0 atom stereocenters. The molecule has 1 fully saturated rings. The van der Waals surface area contributed by atoms with Crippen LogP contribution in [0, 0.1) is 17.2 Å². The van der Waals surface area contributed by atoms with E-state index in [1.54, 1.807) is 13.2 Å². The van der Waals surface area contributed by atoms with Gasteiger partial charge in [-0.15, -0.1) is 0 Å². The SMILES string of the molecule is COc1cc(C#N)ccc1N1CC(C)C1. The summed E-state index contributed by atoms with van der Waals surface area (Å²) < 4.78 is 5.29. The molecular weight excluding hydrogens is 188 g/mol. The summed E-state index contributed by atoms with van der Waals surface area (Å²) in [6, 6.07) is 7.70. The predicted molar refractivity (Wildman–Crippen MR) is 59.1 cm³/mol. The third-order valence-corrected chi connectivity index (χ3v) is 2.71. The van der Waals surface area contributed by atoms with Gasteiger partial charge in [-0.2, -0.15) is 5.26 Å². The second-order valence-corrected chi connectivity index (χ2v) is 4.01. The Morgan fingerprint density at radius 1 is 1.47 bits per heavy atom. The van der Waals surface area contributed by atoms with Crippen molar-refractivity contribution in [2.45, 2.75) is 6.92 Å². The van der Waals surface area contributed by atoms with E-state index in [1.165, 1.54) is 0 Å². The molecule has 1 aromatic carbocycles. The fourth-order valence-electron chi connectivity index (χ4n) is 1.90. The lowest BCUT2D eigenvalue weighted by Crippen LogP contribution is -2.45. The van der Waals surface area contributed by atoms with Gasteiger partial charge in [0.1, 0.15) is 5.75 Å². The fraction of sp³-hybridized carbons (Fsp3) is 0.417. The van der Waals surface area contributed by atoms with Crippen molar-refractivity contribution in [3.8, 4) is 11.8 Å². The maximum absolute atomic E-state index is 8.78. The molecule has 1 aliphatic heterocycles. The van der Waals surface area contributed by atoms with E-state index in [1.807, 2.05) is 12.1 Å². The van der Waals surface area contributed by atoms with Crippen molar-refractivity contribution >= 4 is 5.69 Å². The molecule has 0 amide bonds. The Morgan fingerprint density at radius 3 is 2.73 bits per heavy atom. The molecule has 3 heteroatoms. The first-order valence-corrected chi connectivity index (χ1v) is 5.07. The average molecular weight is 202 g/mol. The first-order chi connectivity index (χ1) is 7.24. The van der Waals surface area contributed by atoms with Gasteiger partial charge >= 0.3 is 0 Å². The van der Waals surface area contributed by atoms with Gasteiger partial charge in [0, 0.05) is 19.2 Å². The van der Waals surface area contributed by atoms with E-state index in [2.05, 4.69) is 17.9 Å². The van der Waals surface area contributed by atoms with Gasteiger partial charge in [-0.05, 0) is 18.1 Å². The Morgan fingerprint density at radius 2 is 2.20 bits per heavy atom. The first-order valence-electron chi connectivity index (χ1n) is 5.07. The molecule has 15 heavy (non-hydrogen) atoms. The van der Waals surface area contributed by atoms with Crippen molar-refractivity contribution < 1.29 is 4.74 Å². The highest BCUT2D eigenvalue weighted by Crippen LogP contribution is 2.33. The zero-order chi connectivity index (χ0) is 10.8. The number of nitrogens with zero attached hydrogens (tertiary/aromatic N) is 2. The van der Waals surface area contributed by atoms with E-state index >= 15 is 0 Å². The van der Waals surface area contributed by atoms with Crippen LogP contribution in [0.3, 0.4) is 0 Å². The quantitative estimate of drug-likeness (QED) is 0.736. The van der Waals surface area contributed by atoms with Gasteiger partial charge in [-0.3, -0.25) is 0 Å². The molecule has 1 saturated heterocycles. The summed E-state index contributed by atoms with van der Waals surface area (Å²) in [4.78, 5) is 2.27. The number of anilines is 1. The molecular formula is C12H14N2O. The average Bonchev–Trinajstić information content (AvgIpc) is 2.24. The second-order valence-electron chi connectivity index (χ2n) is 4.01. The Balaban J connectivity index is 2.28. The van der Waals surface area contributed by atoms with Crippen molar-refractivity contribution in [2.24, 2.45) is 5.92 Å². The summed E-state index contributed by atoms with van der Waals surface area (Å²) in [5.41, 5.74) is 1.73. The molecule has 1 aromatic rings. The van der Waals surface area contributed by atoms with E-state index in [9.17, 15) is 0 Å². The van der Waals surface area contributed by atoms with Crippen LogP contribution in [0.15, 0.2) is 18.2 Å². The van der Waals surface area contributed by atoms with E-state index in [-0.39, 0.29) is 0 Å². The summed E-state index contributed by atoms with van der Waals surface area (Å²) in [5, 5.41) is 8.78. The van der Waals surface area contributed by atoms with Gasteiger partial charge in [0.15, 0.2) is 0 Å². The molecule has 1 heterocycles. The van der Waals surface area contributed by atoms with Crippen molar-refractivity contribution in [3.05, 3.63) is 23.8 Å². The van der Waals surface area contributed by atoms with Crippen LogP contribution in [-0.4, -0.2) is 20.2 Å². The summed E-state index contributed by atoms with van der Waals surface area (Å²) in [6.45, 7) is 4.37. The van der Waals surface area contributed by atoms with Crippen LogP contribution >= 0.6 is 0 Å². The standard InChI is InChI=1S/C12H14N2O/c1-9-7-14(8-9)11-4-3-10(6-13)5-12(11)15-2/h3-5,9H,7-8H2,1-2H3. The molecule has 1 aliphatic rings.